The predicted octanol–water partition coefficient (Wildman–Crippen LogP) is 2.91. The number of carbonyl (C=O) groups is 1. The largest absolute Gasteiger partial charge is 0.321 e. The van der Waals surface area contributed by atoms with Crippen molar-refractivity contribution in [2.75, 3.05) is 5.32 Å². The molecule has 0 aliphatic rings. The van der Waals surface area contributed by atoms with Crippen molar-refractivity contribution in [1.29, 1.82) is 0 Å². The van der Waals surface area contributed by atoms with Crippen LogP contribution in [0.5, 0.6) is 0 Å². The highest BCUT2D eigenvalue weighted by Gasteiger charge is 2.10. The third-order valence-electron chi connectivity index (χ3n) is 2.72. The van der Waals surface area contributed by atoms with Crippen molar-refractivity contribution >= 4 is 27.5 Å². The highest BCUT2D eigenvalue weighted by molar-refractivity contribution is 9.10. The van der Waals surface area contributed by atoms with Crippen LogP contribution in [0.1, 0.15) is 24.3 Å². The first-order valence-electron chi connectivity index (χ1n) is 6.61. The number of carbonyl (C=O) groups excluding carboxylic acids is 1. The number of aromatic nitrogens is 2. The molecular weight excluding hydrogens is 334 g/mol. The van der Waals surface area contributed by atoms with E-state index in [0.717, 1.165) is 4.47 Å². The lowest BCUT2D eigenvalue weighted by molar-refractivity contribution is 0.101. The summed E-state index contributed by atoms with van der Waals surface area (Å²) < 4.78 is 2.19. The maximum Gasteiger partial charge on any atom is 0.276 e. The summed E-state index contributed by atoms with van der Waals surface area (Å²) in [4.78, 5) is 23.9. The summed E-state index contributed by atoms with van der Waals surface area (Å²) in [6.45, 7) is 4.46. The highest BCUT2D eigenvalue weighted by Crippen LogP contribution is 2.16. The van der Waals surface area contributed by atoms with Crippen LogP contribution in [-0.4, -0.2) is 15.7 Å². The Morgan fingerprint density at radius 1 is 1.33 bits per heavy atom. The van der Waals surface area contributed by atoms with Crippen molar-refractivity contribution in [2.24, 2.45) is 5.92 Å². The van der Waals surface area contributed by atoms with Gasteiger partial charge in [-0.1, -0.05) is 35.8 Å². The Morgan fingerprint density at radius 2 is 2.10 bits per heavy atom. The second kappa shape index (κ2) is 6.67. The van der Waals surface area contributed by atoms with Crippen LogP contribution in [0.25, 0.3) is 0 Å². The van der Waals surface area contributed by atoms with Gasteiger partial charge in [0.15, 0.2) is 0 Å². The van der Waals surface area contributed by atoms with Crippen LogP contribution < -0.4 is 10.9 Å². The lowest BCUT2D eigenvalue weighted by Crippen LogP contribution is -2.27. The van der Waals surface area contributed by atoms with E-state index < -0.39 is 0 Å². The average molecular weight is 350 g/mol. The summed E-state index contributed by atoms with van der Waals surface area (Å²) in [6.07, 6.45) is 0. The Bertz CT molecular complexity index is 710. The summed E-state index contributed by atoms with van der Waals surface area (Å²) in [7, 11) is 0. The minimum absolute atomic E-state index is 0.206. The predicted molar refractivity (Wildman–Crippen MR) is 85.4 cm³/mol. The maximum atomic E-state index is 12.2. The molecule has 1 aromatic carbocycles. The van der Waals surface area contributed by atoms with Gasteiger partial charge in [0.05, 0.1) is 0 Å². The molecule has 2 rings (SSSR count). The van der Waals surface area contributed by atoms with Crippen molar-refractivity contribution in [1.82, 2.24) is 9.78 Å². The number of nitrogens with one attached hydrogen (secondary N) is 1. The molecule has 0 radical (unpaired) electrons. The van der Waals surface area contributed by atoms with E-state index in [1.807, 2.05) is 26.0 Å². The van der Waals surface area contributed by atoms with Gasteiger partial charge in [-0.3, -0.25) is 9.59 Å². The van der Waals surface area contributed by atoms with Gasteiger partial charge >= 0.3 is 0 Å². The van der Waals surface area contributed by atoms with E-state index in [0.29, 0.717) is 12.2 Å². The quantitative estimate of drug-likeness (QED) is 0.922. The van der Waals surface area contributed by atoms with Crippen molar-refractivity contribution in [3.8, 4) is 0 Å². The van der Waals surface area contributed by atoms with Gasteiger partial charge in [-0.05, 0) is 30.2 Å². The van der Waals surface area contributed by atoms with E-state index in [1.54, 1.807) is 12.1 Å². The normalized spacial score (nSPS) is 10.7. The Kier molecular flexibility index (Phi) is 4.90. The number of hydrogen-bond acceptors (Lipinski definition) is 3. The fraction of sp³-hybridized carbons (Fsp3) is 0.267. The van der Waals surface area contributed by atoms with Gasteiger partial charge in [0.25, 0.3) is 11.5 Å². The molecule has 6 heteroatoms. The molecule has 5 nitrogen and oxygen atoms in total. The first-order valence-corrected chi connectivity index (χ1v) is 7.40. The smallest absolute Gasteiger partial charge is 0.276 e. The zero-order valence-electron chi connectivity index (χ0n) is 11.8. The fourth-order valence-corrected chi connectivity index (χ4v) is 2.21. The van der Waals surface area contributed by atoms with Crippen LogP contribution >= 0.6 is 15.9 Å². The summed E-state index contributed by atoms with van der Waals surface area (Å²) in [5.41, 5.74) is 0.677. The average Bonchev–Trinajstić information content (AvgIpc) is 2.40. The standard InChI is InChI=1S/C15H16BrN3O2/c1-10(2)9-19-14(20)7-6-13(18-19)15(21)17-12-5-3-4-11(16)8-12/h3-8,10H,9H2,1-2H3,(H,17,21). The van der Waals surface area contributed by atoms with Crippen LogP contribution in [0, 0.1) is 5.92 Å². The molecule has 110 valence electrons. The van der Waals surface area contributed by atoms with E-state index >= 15 is 0 Å². The zero-order valence-corrected chi connectivity index (χ0v) is 13.4. The molecule has 0 unspecified atom stereocenters. The minimum Gasteiger partial charge on any atom is -0.321 e. The summed E-state index contributed by atoms with van der Waals surface area (Å²) in [5, 5.41) is 6.86. The SMILES string of the molecule is CC(C)Cn1nc(C(=O)Nc2cccc(Br)c2)ccc1=O. The number of hydrogen-bond donors (Lipinski definition) is 1. The first kappa shape index (κ1) is 15.4. The fourth-order valence-electron chi connectivity index (χ4n) is 1.81. The number of benzene rings is 1. The number of anilines is 1. The van der Waals surface area contributed by atoms with E-state index in [-0.39, 0.29) is 23.1 Å². The van der Waals surface area contributed by atoms with Crippen molar-refractivity contribution in [3.05, 3.63) is 56.9 Å². The molecule has 1 amide bonds. The summed E-state index contributed by atoms with van der Waals surface area (Å²) in [5.74, 6) is -0.0656. The first-order chi connectivity index (χ1) is 9.95. The molecule has 1 aromatic heterocycles. The van der Waals surface area contributed by atoms with Crippen molar-refractivity contribution in [3.63, 3.8) is 0 Å². The third-order valence-corrected chi connectivity index (χ3v) is 3.21. The van der Waals surface area contributed by atoms with Gasteiger partial charge in [-0.2, -0.15) is 5.10 Å². The van der Waals surface area contributed by atoms with Gasteiger partial charge in [0.1, 0.15) is 5.69 Å². The molecule has 1 N–H and O–H groups in total. The molecular formula is C15H16BrN3O2. The highest BCUT2D eigenvalue weighted by atomic mass is 79.9. The lowest BCUT2D eigenvalue weighted by atomic mass is 10.2. The Morgan fingerprint density at radius 3 is 2.76 bits per heavy atom. The number of rotatable bonds is 4. The minimum atomic E-state index is -0.342. The summed E-state index contributed by atoms with van der Waals surface area (Å²) in [6, 6.07) is 10.1. The molecule has 21 heavy (non-hydrogen) atoms. The van der Waals surface area contributed by atoms with Crippen LogP contribution in [0.3, 0.4) is 0 Å². The Balaban J connectivity index is 2.21. The van der Waals surface area contributed by atoms with Crippen molar-refractivity contribution in [2.45, 2.75) is 20.4 Å². The van der Waals surface area contributed by atoms with E-state index in [1.165, 1.54) is 16.8 Å². The Hall–Kier alpha value is -1.95. The van der Waals surface area contributed by atoms with Crippen LogP contribution in [0.15, 0.2) is 45.7 Å². The van der Waals surface area contributed by atoms with Gasteiger partial charge in [0.2, 0.25) is 0 Å². The summed E-state index contributed by atoms with van der Waals surface area (Å²) >= 11 is 3.34. The van der Waals surface area contributed by atoms with Gasteiger partial charge in [-0.15, -0.1) is 0 Å². The molecule has 2 aromatic rings. The van der Waals surface area contributed by atoms with Crippen LogP contribution in [0.2, 0.25) is 0 Å². The molecule has 0 saturated carbocycles. The van der Waals surface area contributed by atoms with Crippen LogP contribution in [0.4, 0.5) is 5.69 Å². The molecule has 0 atom stereocenters. The van der Waals surface area contributed by atoms with E-state index in [2.05, 4.69) is 26.3 Å². The molecule has 0 aliphatic carbocycles. The lowest BCUT2D eigenvalue weighted by Gasteiger charge is -2.09. The molecule has 0 spiro atoms. The third kappa shape index (κ3) is 4.26. The van der Waals surface area contributed by atoms with Gasteiger partial charge in [0, 0.05) is 22.8 Å². The molecule has 0 fully saturated rings. The number of amides is 1. The zero-order chi connectivity index (χ0) is 15.4. The van der Waals surface area contributed by atoms with Crippen molar-refractivity contribution < 1.29 is 4.79 Å². The monoisotopic (exact) mass is 349 g/mol. The second-order valence-corrected chi connectivity index (χ2v) is 6.01. The molecule has 1 heterocycles. The van der Waals surface area contributed by atoms with E-state index in [4.69, 9.17) is 0 Å². The second-order valence-electron chi connectivity index (χ2n) is 5.10. The topological polar surface area (TPSA) is 64.0 Å². The molecule has 0 aliphatic heterocycles. The number of nitrogens with zero attached hydrogens (tertiary/aromatic N) is 2. The van der Waals surface area contributed by atoms with E-state index in [9.17, 15) is 9.59 Å². The molecule has 0 saturated heterocycles. The number of halogens is 1. The van der Waals surface area contributed by atoms with Gasteiger partial charge in [-0.25, -0.2) is 4.68 Å². The Labute approximate surface area is 131 Å². The van der Waals surface area contributed by atoms with Crippen LogP contribution in [-0.2, 0) is 6.54 Å². The maximum absolute atomic E-state index is 12.2. The molecule has 0 bridgehead atoms. The van der Waals surface area contributed by atoms with Gasteiger partial charge < -0.3 is 5.32 Å².